The van der Waals surface area contributed by atoms with Crippen molar-refractivity contribution in [1.29, 1.82) is 0 Å². The fourth-order valence-electron chi connectivity index (χ4n) is 1.67. The zero-order chi connectivity index (χ0) is 12.4. The van der Waals surface area contributed by atoms with Crippen LogP contribution >= 0.6 is 0 Å². The van der Waals surface area contributed by atoms with Crippen molar-refractivity contribution in [1.82, 2.24) is 5.16 Å². The van der Waals surface area contributed by atoms with E-state index in [2.05, 4.69) is 5.16 Å². The van der Waals surface area contributed by atoms with Gasteiger partial charge in [0.2, 0.25) is 0 Å². The molecular weight excluding hydrogens is 222 g/mol. The molecule has 0 spiro atoms. The maximum Gasteiger partial charge on any atom is 0.341 e. The molecular formula is C12H11NO4. The molecule has 0 aliphatic rings. The molecule has 0 saturated heterocycles. The molecule has 1 N–H and O–H groups in total. The summed E-state index contributed by atoms with van der Waals surface area (Å²) in [7, 11) is 1.56. The molecule has 0 bridgehead atoms. The molecule has 0 amide bonds. The van der Waals surface area contributed by atoms with Gasteiger partial charge in [-0.3, -0.25) is 0 Å². The lowest BCUT2D eigenvalue weighted by Crippen LogP contribution is -1.97. The first-order chi connectivity index (χ1) is 8.15. The maximum atomic E-state index is 11.0. The molecule has 5 nitrogen and oxygen atoms in total. The van der Waals surface area contributed by atoms with E-state index >= 15 is 0 Å². The van der Waals surface area contributed by atoms with E-state index in [1.165, 1.54) is 6.20 Å². The second kappa shape index (κ2) is 4.29. The molecule has 5 heteroatoms. The van der Waals surface area contributed by atoms with Crippen LogP contribution in [-0.4, -0.2) is 23.3 Å². The quantitative estimate of drug-likeness (QED) is 0.880. The summed E-state index contributed by atoms with van der Waals surface area (Å²) in [5.74, 6) is -0.146. The molecule has 1 aromatic heterocycles. The highest BCUT2D eigenvalue weighted by Crippen LogP contribution is 2.31. The molecule has 2 aromatic rings. The van der Waals surface area contributed by atoms with Crippen molar-refractivity contribution in [3.63, 3.8) is 0 Å². The molecule has 0 unspecified atom stereocenters. The van der Waals surface area contributed by atoms with Crippen LogP contribution in [0, 0.1) is 6.92 Å². The van der Waals surface area contributed by atoms with Crippen LogP contribution < -0.4 is 4.74 Å². The van der Waals surface area contributed by atoms with Crippen LogP contribution in [0.15, 0.2) is 28.9 Å². The zero-order valence-electron chi connectivity index (χ0n) is 9.43. The molecule has 17 heavy (non-hydrogen) atoms. The Kier molecular flexibility index (Phi) is 2.82. The van der Waals surface area contributed by atoms with E-state index in [9.17, 15) is 4.79 Å². The number of benzene rings is 1. The van der Waals surface area contributed by atoms with Gasteiger partial charge in [-0.1, -0.05) is 17.3 Å². The van der Waals surface area contributed by atoms with Gasteiger partial charge in [-0.05, 0) is 13.0 Å². The summed E-state index contributed by atoms with van der Waals surface area (Å²) in [6, 6.07) is 5.34. The van der Waals surface area contributed by atoms with Crippen molar-refractivity contribution in [3.05, 3.63) is 35.5 Å². The Morgan fingerprint density at radius 2 is 2.24 bits per heavy atom. The molecule has 0 saturated carbocycles. The van der Waals surface area contributed by atoms with Gasteiger partial charge in [-0.25, -0.2) is 4.79 Å². The summed E-state index contributed by atoms with van der Waals surface area (Å²) in [4.78, 5) is 11.0. The van der Waals surface area contributed by atoms with E-state index in [-0.39, 0.29) is 11.3 Å². The molecule has 1 heterocycles. The van der Waals surface area contributed by atoms with E-state index in [1.54, 1.807) is 25.3 Å². The average molecular weight is 233 g/mol. The number of hydrogen-bond donors (Lipinski definition) is 1. The standard InChI is InChI=1S/C12H11NO4/c1-7-8(4-3-5-10(7)16-2)11-9(12(14)15)6-13-17-11/h3-6H,1-2H3,(H,14,15). The Bertz CT molecular complexity index is 559. The number of nitrogens with zero attached hydrogens (tertiary/aromatic N) is 1. The molecule has 0 fully saturated rings. The van der Waals surface area contributed by atoms with Gasteiger partial charge in [0.25, 0.3) is 0 Å². The van der Waals surface area contributed by atoms with E-state index in [0.29, 0.717) is 11.3 Å². The third-order valence-electron chi connectivity index (χ3n) is 2.55. The lowest BCUT2D eigenvalue weighted by atomic mass is 10.0. The minimum Gasteiger partial charge on any atom is -0.496 e. The average Bonchev–Trinajstić information content (AvgIpc) is 2.78. The van der Waals surface area contributed by atoms with Crippen molar-refractivity contribution >= 4 is 5.97 Å². The van der Waals surface area contributed by atoms with Gasteiger partial charge >= 0.3 is 5.97 Å². The van der Waals surface area contributed by atoms with Crippen LogP contribution in [0.4, 0.5) is 0 Å². The Hall–Kier alpha value is -2.30. The van der Waals surface area contributed by atoms with Gasteiger partial charge in [0, 0.05) is 11.1 Å². The van der Waals surface area contributed by atoms with Crippen molar-refractivity contribution in [2.45, 2.75) is 6.92 Å². The van der Waals surface area contributed by atoms with E-state index < -0.39 is 5.97 Å². The Balaban J connectivity index is 2.61. The summed E-state index contributed by atoms with van der Waals surface area (Å²) in [6.07, 6.45) is 1.19. The van der Waals surface area contributed by atoms with Crippen molar-refractivity contribution in [3.8, 4) is 17.1 Å². The fourth-order valence-corrected chi connectivity index (χ4v) is 1.67. The molecule has 0 radical (unpaired) electrons. The Labute approximate surface area is 97.6 Å². The van der Waals surface area contributed by atoms with Gasteiger partial charge in [-0.15, -0.1) is 0 Å². The highest BCUT2D eigenvalue weighted by Gasteiger charge is 2.19. The second-order valence-electron chi connectivity index (χ2n) is 3.51. The number of carbonyl (C=O) groups is 1. The number of methoxy groups -OCH3 is 1. The Morgan fingerprint density at radius 3 is 2.88 bits per heavy atom. The van der Waals surface area contributed by atoms with Gasteiger partial charge in [0.15, 0.2) is 5.76 Å². The molecule has 0 atom stereocenters. The van der Waals surface area contributed by atoms with Crippen LogP contribution in [0.2, 0.25) is 0 Å². The molecule has 88 valence electrons. The maximum absolute atomic E-state index is 11.0. The summed E-state index contributed by atoms with van der Waals surface area (Å²) >= 11 is 0. The molecule has 0 aliphatic heterocycles. The van der Waals surface area contributed by atoms with Crippen LogP contribution in [0.25, 0.3) is 11.3 Å². The van der Waals surface area contributed by atoms with Crippen LogP contribution in [-0.2, 0) is 0 Å². The first-order valence-electron chi connectivity index (χ1n) is 4.97. The van der Waals surface area contributed by atoms with Crippen molar-refractivity contribution < 1.29 is 19.2 Å². The van der Waals surface area contributed by atoms with Crippen LogP contribution in [0.3, 0.4) is 0 Å². The zero-order valence-corrected chi connectivity index (χ0v) is 9.43. The largest absolute Gasteiger partial charge is 0.496 e. The van der Waals surface area contributed by atoms with Gasteiger partial charge in [0.1, 0.15) is 11.3 Å². The predicted molar refractivity (Wildman–Crippen MR) is 60.2 cm³/mol. The number of aromatic carboxylic acids is 1. The fraction of sp³-hybridized carbons (Fsp3) is 0.167. The monoisotopic (exact) mass is 233 g/mol. The highest BCUT2D eigenvalue weighted by atomic mass is 16.5. The minimum absolute atomic E-state index is 0.0429. The van der Waals surface area contributed by atoms with Crippen molar-refractivity contribution in [2.75, 3.05) is 7.11 Å². The SMILES string of the molecule is COc1cccc(-c2oncc2C(=O)O)c1C. The highest BCUT2D eigenvalue weighted by molar-refractivity contribution is 5.94. The van der Waals surface area contributed by atoms with E-state index in [4.69, 9.17) is 14.4 Å². The number of aromatic nitrogens is 1. The van der Waals surface area contributed by atoms with E-state index in [0.717, 1.165) is 5.56 Å². The number of ether oxygens (including phenoxy) is 1. The third kappa shape index (κ3) is 1.87. The second-order valence-corrected chi connectivity index (χ2v) is 3.51. The summed E-state index contributed by atoms with van der Waals surface area (Å²) in [5.41, 5.74) is 1.52. The summed E-state index contributed by atoms with van der Waals surface area (Å²) in [5, 5.41) is 12.5. The number of hydrogen-bond acceptors (Lipinski definition) is 4. The normalized spacial score (nSPS) is 10.2. The molecule has 2 rings (SSSR count). The molecule has 0 aliphatic carbocycles. The predicted octanol–water partition coefficient (Wildman–Crippen LogP) is 2.36. The molecule has 1 aromatic carbocycles. The lowest BCUT2D eigenvalue weighted by molar-refractivity contribution is 0.0697. The van der Waals surface area contributed by atoms with Crippen molar-refractivity contribution in [2.24, 2.45) is 0 Å². The number of carboxylic acids is 1. The Morgan fingerprint density at radius 1 is 1.47 bits per heavy atom. The lowest BCUT2D eigenvalue weighted by Gasteiger charge is -2.08. The van der Waals surface area contributed by atoms with Crippen LogP contribution in [0.5, 0.6) is 5.75 Å². The van der Waals surface area contributed by atoms with Crippen LogP contribution in [0.1, 0.15) is 15.9 Å². The summed E-state index contributed by atoms with van der Waals surface area (Å²) in [6.45, 7) is 1.84. The van der Waals surface area contributed by atoms with E-state index in [1.807, 2.05) is 6.92 Å². The van der Waals surface area contributed by atoms with Gasteiger partial charge in [-0.2, -0.15) is 0 Å². The minimum atomic E-state index is -1.07. The van der Waals surface area contributed by atoms with Gasteiger partial charge in [0.05, 0.1) is 13.3 Å². The smallest absolute Gasteiger partial charge is 0.341 e. The van der Waals surface area contributed by atoms with Gasteiger partial charge < -0.3 is 14.4 Å². The topological polar surface area (TPSA) is 72.6 Å². The third-order valence-corrected chi connectivity index (χ3v) is 2.55. The first kappa shape index (κ1) is 11.2. The number of carboxylic acid groups (broad SMARTS) is 1. The number of rotatable bonds is 3. The summed E-state index contributed by atoms with van der Waals surface area (Å²) < 4.78 is 10.2. The first-order valence-corrected chi connectivity index (χ1v) is 4.97.